The van der Waals surface area contributed by atoms with E-state index in [4.69, 9.17) is 0 Å². The lowest BCUT2D eigenvalue weighted by Gasteiger charge is -2.48. The zero-order valence-corrected chi connectivity index (χ0v) is 12.5. The van der Waals surface area contributed by atoms with Crippen molar-refractivity contribution in [2.45, 2.75) is 46.2 Å². The highest BCUT2D eigenvalue weighted by molar-refractivity contribution is 7.62. The van der Waals surface area contributed by atoms with Crippen molar-refractivity contribution in [3.05, 3.63) is 0 Å². The van der Waals surface area contributed by atoms with Crippen LogP contribution >= 0.6 is 0 Å². The van der Waals surface area contributed by atoms with E-state index in [2.05, 4.69) is 50.7 Å². The zero-order chi connectivity index (χ0) is 9.99. The Labute approximate surface area is 81.0 Å². The number of hydrogen-bond donors (Lipinski definition) is 0. The Morgan fingerprint density at radius 2 is 1.17 bits per heavy atom. The maximum atomic E-state index is 3.54. The predicted molar refractivity (Wildman–Crippen MR) is 65.9 cm³/mol. The molecule has 0 rings (SSSR count). The first-order chi connectivity index (χ1) is 5.19. The molecule has 0 saturated heterocycles. The standard InChI is InChI=1S/C9H21Si3/c1-8-9-10(11(2,3)4)12(5,6)7/h1-7H3/q-1. The Bertz CT molecular complexity index is 183. The summed E-state index contributed by atoms with van der Waals surface area (Å²) < 4.78 is 0. The summed E-state index contributed by atoms with van der Waals surface area (Å²) >= 11 is 0. The lowest BCUT2D eigenvalue weighted by Crippen LogP contribution is -2.58. The van der Waals surface area contributed by atoms with Crippen LogP contribution in [-0.2, 0) is 0 Å². The fourth-order valence-corrected chi connectivity index (χ4v) is 34.9. The molecule has 0 aliphatic carbocycles. The third-order valence-electron chi connectivity index (χ3n) is 1.75. The normalized spacial score (nSPS) is 11.9. The summed E-state index contributed by atoms with van der Waals surface area (Å²) in [5.74, 6) is 3.15. The van der Waals surface area contributed by atoms with Crippen LogP contribution in [0.4, 0.5) is 0 Å². The van der Waals surface area contributed by atoms with Gasteiger partial charge in [-0.15, -0.1) is 5.92 Å². The van der Waals surface area contributed by atoms with Crippen LogP contribution in [0.1, 0.15) is 6.92 Å². The van der Waals surface area contributed by atoms with Gasteiger partial charge < -0.3 is 5.54 Å². The quantitative estimate of drug-likeness (QED) is 0.489. The van der Waals surface area contributed by atoms with Crippen molar-refractivity contribution in [2.24, 2.45) is 0 Å². The second-order valence-corrected chi connectivity index (χ2v) is 28.8. The van der Waals surface area contributed by atoms with E-state index >= 15 is 0 Å². The molecule has 0 aliphatic heterocycles. The van der Waals surface area contributed by atoms with Crippen molar-refractivity contribution in [1.29, 1.82) is 0 Å². The first-order valence-electron chi connectivity index (χ1n) is 4.50. The fourth-order valence-electron chi connectivity index (χ4n) is 1.62. The monoisotopic (exact) mass is 213 g/mol. The van der Waals surface area contributed by atoms with E-state index in [1.54, 1.807) is 0 Å². The van der Waals surface area contributed by atoms with Gasteiger partial charge in [0.1, 0.15) is 0 Å². The Balaban J connectivity index is 4.78. The summed E-state index contributed by atoms with van der Waals surface area (Å²) in [6.45, 7) is 16.8. The van der Waals surface area contributed by atoms with E-state index in [-0.39, 0.29) is 7.83 Å². The van der Waals surface area contributed by atoms with Gasteiger partial charge in [0.05, 0.1) is 0 Å². The molecule has 0 aromatic rings. The van der Waals surface area contributed by atoms with Gasteiger partial charge in [-0.1, -0.05) is 54.5 Å². The second-order valence-electron chi connectivity index (χ2n) is 5.25. The van der Waals surface area contributed by atoms with Gasteiger partial charge in [0, 0.05) is 0 Å². The molecule has 0 saturated carbocycles. The lowest BCUT2D eigenvalue weighted by molar-refractivity contribution is 1.80. The Hall–Kier alpha value is 0.211. The lowest BCUT2D eigenvalue weighted by atomic mass is 10.8. The van der Waals surface area contributed by atoms with Crippen molar-refractivity contribution < 1.29 is 0 Å². The van der Waals surface area contributed by atoms with Crippen molar-refractivity contribution in [2.75, 3.05) is 0 Å². The molecule has 0 aromatic carbocycles. The molecule has 0 radical (unpaired) electrons. The Morgan fingerprint density at radius 3 is 1.25 bits per heavy atom. The van der Waals surface area contributed by atoms with E-state index in [0.29, 0.717) is 0 Å². The third-order valence-corrected chi connectivity index (χ3v) is 28.5. The third kappa shape index (κ3) is 3.74. The van der Waals surface area contributed by atoms with Crippen LogP contribution in [-0.4, -0.2) is 23.0 Å². The highest BCUT2D eigenvalue weighted by Crippen LogP contribution is 2.16. The molecule has 0 aromatic heterocycles. The first kappa shape index (κ1) is 12.2. The maximum Gasteiger partial charge on any atom is -0.00601 e. The maximum absolute atomic E-state index is 3.54. The Kier molecular flexibility index (Phi) is 4.02. The first-order valence-corrected chi connectivity index (χ1v) is 15.0. The van der Waals surface area contributed by atoms with Gasteiger partial charge >= 0.3 is 0 Å². The van der Waals surface area contributed by atoms with Crippen LogP contribution in [0.25, 0.3) is 0 Å². The van der Waals surface area contributed by atoms with Crippen molar-refractivity contribution in [1.82, 2.24) is 0 Å². The Morgan fingerprint density at radius 1 is 0.833 bits per heavy atom. The van der Waals surface area contributed by atoms with Crippen molar-refractivity contribution >= 4 is 23.0 Å². The molecule has 70 valence electrons. The topological polar surface area (TPSA) is 0 Å². The molecule has 0 N–H and O–H groups in total. The minimum Gasteiger partial charge on any atom is -0.303 e. The summed E-state index contributed by atoms with van der Waals surface area (Å²) in [7, 11) is -2.22. The van der Waals surface area contributed by atoms with Crippen LogP contribution in [0.15, 0.2) is 0 Å². The van der Waals surface area contributed by atoms with Gasteiger partial charge in [-0.2, -0.15) is 0 Å². The molecule has 3 heteroatoms. The average molecular weight is 214 g/mol. The molecule has 0 heterocycles. The molecular weight excluding hydrogens is 192 g/mol. The smallest absolute Gasteiger partial charge is 0.00601 e. The fraction of sp³-hybridized carbons (Fsp3) is 0.778. The highest BCUT2D eigenvalue weighted by atomic mass is 29.6. The second kappa shape index (κ2) is 3.95. The molecule has 0 fully saturated rings. The van der Waals surface area contributed by atoms with Gasteiger partial charge in [-0.3, -0.25) is 0 Å². The molecule has 0 unspecified atom stereocenters. The van der Waals surface area contributed by atoms with Gasteiger partial charge in [0.25, 0.3) is 0 Å². The van der Waals surface area contributed by atoms with E-state index in [1.165, 1.54) is 0 Å². The SMILES string of the molecule is CC#C[Si-]([Si](C)(C)C)[Si](C)(C)C. The van der Waals surface area contributed by atoms with Gasteiger partial charge in [-0.25, -0.2) is 7.83 Å². The number of rotatable bonds is 2. The molecule has 12 heavy (non-hydrogen) atoms. The van der Waals surface area contributed by atoms with E-state index < -0.39 is 15.2 Å². The van der Waals surface area contributed by atoms with E-state index in [1.807, 2.05) is 6.92 Å². The molecule has 0 amide bonds. The number of hydrogen-bond acceptors (Lipinski definition) is 0. The van der Waals surface area contributed by atoms with Crippen molar-refractivity contribution in [3.8, 4) is 11.5 Å². The molecular formula is C9H21Si3-. The molecule has 0 nitrogen and oxygen atoms in total. The van der Waals surface area contributed by atoms with Gasteiger partial charge in [-0.05, 0) is 6.92 Å². The molecule has 0 aliphatic rings. The molecule has 0 atom stereocenters. The predicted octanol–water partition coefficient (Wildman–Crippen LogP) is 2.88. The van der Waals surface area contributed by atoms with Gasteiger partial charge in [0.2, 0.25) is 0 Å². The van der Waals surface area contributed by atoms with Gasteiger partial charge in [0.15, 0.2) is 0 Å². The minimum absolute atomic E-state index is 0.310. The molecule has 0 spiro atoms. The van der Waals surface area contributed by atoms with Crippen LogP contribution in [0.3, 0.4) is 0 Å². The summed E-state index contributed by atoms with van der Waals surface area (Å²) in [6, 6.07) is 0. The van der Waals surface area contributed by atoms with Crippen LogP contribution in [0.5, 0.6) is 0 Å². The zero-order valence-electron chi connectivity index (χ0n) is 9.50. The summed E-state index contributed by atoms with van der Waals surface area (Å²) in [4.78, 5) is 0. The summed E-state index contributed by atoms with van der Waals surface area (Å²) in [6.07, 6.45) is 0. The van der Waals surface area contributed by atoms with Crippen LogP contribution in [0.2, 0.25) is 39.3 Å². The van der Waals surface area contributed by atoms with E-state index in [0.717, 1.165) is 0 Å². The average Bonchev–Trinajstić information content (AvgIpc) is 1.77. The van der Waals surface area contributed by atoms with E-state index in [9.17, 15) is 0 Å². The largest absolute Gasteiger partial charge is 0.303 e. The van der Waals surface area contributed by atoms with Crippen LogP contribution in [0, 0.1) is 11.5 Å². The summed E-state index contributed by atoms with van der Waals surface area (Å²) in [5, 5.41) is 0. The van der Waals surface area contributed by atoms with Crippen molar-refractivity contribution in [3.63, 3.8) is 0 Å². The highest BCUT2D eigenvalue weighted by Gasteiger charge is 2.22. The minimum atomic E-state index is -0.953. The molecule has 0 bridgehead atoms. The summed E-state index contributed by atoms with van der Waals surface area (Å²) in [5.41, 5.74) is 3.54. The van der Waals surface area contributed by atoms with Crippen LogP contribution < -0.4 is 0 Å².